The van der Waals surface area contributed by atoms with Crippen molar-refractivity contribution >= 4 is 5.91 Å². The Balaban J connectivity index is 1.41. The van der Waals surface area contributed by atoms with Crippen LogP contribution in [0, 0.1) is 6.92 Å². The van der Waals surface area contributed by atoms with Crippen molar-refractivity contribution in [2.24, 2.45) is 0 Å². The maximum absolute atomic E-state index is 12.1. The Bertz CT molecular complexity index is 510. The first-order valence-electron chi connectivity index (χ1n) is 9.02. The molecule has 1 N–H and O–H groups in total. The SMILES string of the molecule is Cc1noc([C@@H]2CCCN(CCC(=O)NC3CCCCC3)C2)n1. The van der Waals surface area contributed by atoms with Crippen LogP contribution < -0.4 is 5.32 Å². The Morgan fingerprint density at radius 3 is 2.83 bits per heavy atom. The molecule has 1 aliphatic heterocycles. The lowest BCUT2D eigenvalue weighted by Gasteiger charge is -2.31. The predicted octanol–water partition coefficient (Wildman–Crippen LogP) is 2.40. The highest BCUT2D eigenvalue weighted by Crippen LogP contribution is 2.25. The average Bonchev–Trinajstić information content (AvgIpc) is 3.01. The van der Waals surface area contributed by atoms with E-state index in [2.05, 4.69) is 20.4 Å². The smallest absolute Gasteiger partial charge is 0.231 e. The fourth-order valence-electron chi connectivity index (χ4n) is 3.75. The first-order chi connectivity index (χ1) is 11.2. The van der Waals surface area contributed by atoms with Gasteiger partial charge in [-0.25, -0.2) is 0 Å². The number of likely N-dealkylation sites (tertiary alicyclic amines) is 1. The zero-order valence-electron chi connectivity index (χ0n) is 14.1. The first kappa shape index (κ1) is 16.4. The summed E-state index contributed by atoms with van der Waals surface area (Å²) in [6.07, 6.45) is 8.91. The zero-order valence-corrected chi connectivity index (χ0v) is 14.1. The Morgan fingerprint density at radius 2 is 2.09 bits per heavy atom. The van der Waals surface area contributed by atoms with E-state index in [0.29, 0.717) is 24.2 Å². The van der Waals surface area contributed by atoms with Gasteiger partial charge < -0.3 is 14.7 Å². The predicted molar refractivity (Wildman–Crippen MR) is 87.1 cm³/mol. The number of amides is 1. The molecule has 0 bridgehead atoms. The zero-order chi connectivity index (χ0) is 16.1. The average molecular weight is 320 g/mol. The summed E-state index contributed by atoms with van der Waals surface area (Å²) in [6, 6.07) is 0.409. The van der Waals surface area contributed by atoms with Gasteiger partial charge in [-0.1, -0.05) is 24.4 Å². The topological polar surface area (TPSA) is 71.3 Å². The molecule has 0 aromatic carbocycles. The summed E-state index contributed by atoms with van der Waals surface area (Å²) < 4.78 is 5.31. The van der Waals surface area contributed by atoms with Gasteiger partial charge in [0, 0.05) is 25.6 Å². The van der Waals surface area contributed by atoms with E-state index in [-0.39, 0.29) is 5.91 Å². The highest BCUT2D eigenvalue weighted by atomic mass is 16.5. The fraction of sp³-hybridized carbons (Fsp3) is 0.824. The van der Waals surface area contributed by atoms with Crippen LogP contribution in [0.5, 0.6) is 0 Å². The van der Waals surface area contributed by atoms with Crippen LogP contribution in [0.2, 0.25) is 0 Å². The molecule has 0 unspecified atom stereocenters. The molecule has 6 nitrogen and oxygen atoms in total. The molecule has 1 aromatic rings. The van der Waals surface area contributed by atoms with Gasteiger partial charge in [-0.15, -0.1) is 0 Å². The van der Waals surface area contributed by atoms with Crippen molar-refractivity contribution in [3.05, 3.63) is 11.7 Å². The number of hydrogen-bond acceptors (Lipinski definition) is 5. The van der Waals surface area contributed by atoms with Gasteiger partial charge in [0.25, 0.3) is 0 Å². The van der Waals surface area contributed by atoms with Crippen LogP contribution in [0.4, 0.5) is 0 Å². The number of nitrogens with zero attached hydrogens (tertiary/aromatic N) is 3. The molecule has 1 amide bonds. The van der Waals surface area contributed by atoms with Gasteiger partial charge in [-0.05, 0) is 39.2 Å². The molecule has 0 spiro atoms. The third kappa shape index (κ3) is 4.77. The molecule has 128 valence electrons. The Morgan fingerprint density at radius 1 is 1.26 bits per heavy atom. The van der Waals surface area contributed by atoms with E-state index in [1.807, 2.05) is 6.92 Å². The molecule has 3 rings (SSSR count). The quantitative estimate of drug-likeness (QED) is 0.902. The van der Waals surface area contributed by atoms with Gasteiger partial charge in [-0.3, -0.25) is 4.79 Å². The van der Waals surface area contributed by atoms with Gasteiger partial charge in [0.05, 0.1) is 5.92 Å². The van der Waals surface area contributed by atoms with Gasteiger partial charge >= 0.3 is 0 Å². The molecule has 1 aromatic heterocycles. The second-order valence-electron chi connectivity index (χ2n) is 6.97. The molecule has 1 saturated carbocycles. The number of piperidine rings is 1. The second-order valence-corrected chi connectivity index (χ2v) is 6.97. The van der Waals surface area contributed by atoms with Crippen molar-refractivity contribution in [1.29, 1.82) is 0 Å². The van der Waals surface area contributed by atoms with Crippen LogP contribution in [-0.4, -0.2) is 46.6 Å². The van der Waals surface area contributed by atoms with Crippen molar-refractivity contribution in [1.82, 2.24) is 20.4 Å². The number of carbonyl (C=O) groups excluding carboxylic acids is 1. The third-order valence-electron chi connectivity index (χ3n) is 5.02. The first-order valence-corrected chi connectivity index (χ1v) is 9.02. The van der Waals surface area contributed by atoms with Crippen LogP contribution >= 0.6 is 0 Å². The maximum Gasteiger partial charge on any atom is 0.231 e. The molecule has 1 saturated heterocycles. The van der Waals surface area contributed by atoms with E-state index in [1.165, 1.54) is 19.3 Å². The largest absolute Gasteiger partial charge is 0.353 e. The minimum Gasteiger partial charge on any atom is -0.353 e. The lowest BCUT2D eigenvalue weighted by molar-refractivity contribution is -0.122. The molecule has 2 fully saturated rings. The Labute approximate surface area is 138 Å². The number of nitrogens with one attached hydrogen (secondary N) is 1. The van der Waals surface area contributed by atoms with Gasteiger partial charge in [-0.2, -0.15) is 4.98 Å². The van der Waals surface area contributed by atoms with Gasteiger partial charge in [0.15, 0.2) is 5.82 Å². The minimum absolute atomic E-state index is 0.202. The third-order valence-corrected chi connectivity index (χ3v) is 5.02. The van der Waals surface area contributed by atoms with Gasteiger partial charge in [0.1, 0.15) is 0 Å². The normalized spacial score (nSPS) is 23.8. The lowest BCUT2D eigenvalue weighted by atomic mass is 9.95. The Hall–Kier alpha value is -1.43. The molecular formula is C17H28N4O2. The summed E-state index contributed by atoms with van der Waals surface area (Å²) in [5.41, 5.74) is 0. The van der Waals surface area contributed by atoms with E-state index in [4.69, 9.17) is 4.52 Å². The van der Waals surface area contributed by atoms with Crippen LogP contribution in [0.15, 0.2) is 4.52 Å². The summed E-state index contributed by atoms with van der Waals surface area (Å²) in [7, 11) is 0. The molecule has 2 heterocycles. The summed E-state index contributed by atoms with van der Waals surface area (Å²) >= 11 is 0. The number of hydrogen-bond donors (Lipinski definition) is 1. The van der Waals surface area contributed by atoms with E-state index in [9.17, 15) is 4.79 Å². The van der Waals surface area contributed by atoms with Crippen molar-refractivity contribution in [2.75, 3.05) is 19.6 Å². The van der Waals surface area contributed by atoms with Crippen molar-refractivity contribution < 1.29 is 9.32 Å². The maximum atomic E-state index is 12.1. The summed E-state index contributed by atoms with van der Waals surface area (Å²) in [5, 5.41) is 7.09. The van der Waals surface area contributed by atoms with Crippen LogP contribution in [0.3, 0.4) is 0 Å². The van der Waals surface area contributed by atoms with Crippen LogP contribution in [0.25, 0.3) is 0 Å². The number of aryl methyl sites for hydroxylation is 1. The highest BCUT2D eigenvalue weighted by Gasteiger charge is 2.26. The molecular weight excluding hydrogens is 292 g/mol. The molecule has 2 aliphatic rings. The molecule has 1 aliphatic carbocycles. The molecule has 1 atom stereocenters. The van der Waals surface area contributed by atoms with E-state index < -0.39 is 0 Å². The monoisotopic (exact) mass is 320 g/mol. The van der Waals surface area contributed by atoms with Crippen molar-refractivity contribution in [3.8, 4) is 0 Å². The Kier molecular flexibility index (Phi) is 5.65. The molecule has 6 heteroatoms. The van der Waals surface area contributed by atoms with Crippen LogP contribution in [-0.2, 0) is 4.79 Å². The van der Waals surface area contributed by atoms with Crippen LogP contribution in [0.1, 0.15) is 69.0 Å². The fourth-order valence-corrected chi connectivity index (χ4v) is 3.75. The molecule has 0 radical (unpaired) electrons. The van der Waals surface area contributed by atoms with Gasteiger partial charge in [0.2, 0.25) is 11.8 Å². The standard InChI is InChI=1S/C17H28N4O2/c1-13-18-17(23-20-13)14-6-5-10-21(12-14)11-9-16(22)19-15-7-3-2-4-8-15/h14-15H,2-12H2,1H3,(H,19,22)/t14-/m1/s1. The molecule has 23 heavy (non-hydrogen) atoms. The number of aromatic nitrogens is 2. The van der Waals surface area contributed by atoms with Crippen molar-refractivity contribution in [2.45, 2.75) is 70.3 Å². The van der Waals surface area contributed by atoms with E-state index in [0.717, 1.165) is 51.2 Å². The second kappa shape index (κ2) is 7.90. The number of rotatable bonds is 5. The number of carbonyl (C=O) groups is 1. The van der Waals surface area contributed by atoms with E-state index >= 15 is 0 Å². The van der Waals surface area contributed by atoms with Crippen molar-refractivity contribution in [3.63, 3.8) is 0 Å². The minimum atomic E-state index is 0.202. The summed E-state index contributed by atoms with van der Waals surface area (Å²) in [4.78, 5) is 18.8. The lowest BCUT2D eigenvalue weighted by Crippen LogP contribution is -2.40. The highest BCUT2D eigenvalue weighted by molar-refractivity contribution is 5.76. The van der Waals surface area contributed by atoms with E-state index in [1.54, 1.807) is 0 Å². The summed E-state index contributed by atoms with van der Waals surface area (Å²) in [6.45, 7) is 4.64. The summed E-state index contributed by atoms with van der Waals surface area (Å²) in [5.74, 6) is 1.96.